The fourth-order valence-electron chi connectivity index (χ4n) is 13.2. The Kier molecular flexibility index (Phi) is 13.8. The number of hydrogen-bond donors (Lipinski definition) is 2. The highest BCUT2D eigenvalue weighted by molar-refractivity contribution is 6.28. The summed E-state index contributed by atoms with van der Waals surface area (Å²) in [5, 5.41) is 8.94. The smallest absolute Gasteiger partial charge is 0.0713 e. The van der Waals surface area contributed by atoms with Crippen molar-refractivity contribution in [1.29, 1.82) is 0 Å². The van der Waals surface area contributed by atoms with Crippen LogP contribution in [0.2, 0.25) is 0 Å². The molecule has 0 spiro atoms. The van der Waals surface area contributed by atoms with Gasteiger partial charge in [0.1, 0.15) is 0 Å². The van der Waals surface area contributed by atoms with Gasteiger partial charge < -0.3 is 11.1 Å². The number of nitrogens with one attached hydrogen (secondary N) is 1. The second-order valence-corrected chi connectivity index (χ2v) is 21.4. The summed E-state index contributed by atoms with van der Waals surface area (Å²) < 4.78 is 0. The largest absolute Gasteiger partial charge is 0.385 e. The van der Waals surface area contributed by atoms with Crippen molar-refractivity contribution in [1.82, 2.24) is 0 Å². The zero-order chi connectivity index (χ0) is 50.7. The van der Waals surface area contributed by atoms with Gasteiger partial charge in [-0.1, -0.05) is 266 Å². The van der Waals surface area contributed by atoms with Gasteiger partial charge in [0, 0.05) is 18.3 Å². The number of hydrogen-bond acceptors (Lipinski definition) is 2. The maximum Gasteiger partial charge on any atom is 0.0713 e. The summed E-state index contributed by atoms with van der Waals surface area (Å²) in [5.41, 5.74) is 29.4. The molecule has 0 amide bonds. The quantitative estimate of drug-likeness (QED) is 0.0747. The van der Waals surface area contributed by atoms with E-state index in [9.17, 15) is 0 Å². The normalized spacial score (nSPS) is 14.5. The summed E-state index contributed by atoms with van der Waals surface area (Å²) in [7, 11) is 0. The molecule has 2 aliphatic carbocycles. The molecule has 0 fully saturated rings. The Morgan fingerprint density at radius 1 is 0.387 bits per heavy atom. The molecule has 10 aromatic carbocycles. The lowest BCUT2D eigenvalue weighted by Gasteiger charge is -2.34. The highest BCUT2D eigenvalue weighted by atomic mass is 14.9. The molecular weight excluding hydrogens is 905 g/mol. The molecule has 0 saturated heterocycles. The van der Waals surface area contributed by atoms with Crippen molar-refractivity contribution in [3.05, 3.63) is 234 Å². The first-order chi connectivity index (χ1) is 37.1. The molecule has 0 heterocycles. The predicted molar refractivity (Wildman–Crippen MR) is 322 cm³/mol. The Morgan fingerprint density at radius 3 is 1.56 bits per heavy atom. The minimum atomic E-state index is -0.567. The van der Waals surface area contributed by atoms with Crippen molar-refractivity contribution in [2.75, 3.05) is 11.9 Å². The molecule has 2 aliphatic rings. The van der Waals surface area contributed by atoms with Crippen molar-refractivity contribution in [3.63, 3.8) is 0 Å². The van der Waals surface area contributed by atoms with Crippen LogP contribution in [-0.2, 0) is 5.41 Å². The first-order valence-electron chi connectivity index (χ1n) is 28.3. The van der Waals surface area contributed by atoms with E-state index in [1.807, 2.05) is 0 Å². The minimum absolute atomic E-state index is 0.0178. The molecule has 0 saturated carbocycles. The van der Waals surface area contributed by atoms with Gasteiger partial charge in [-0.2, -0.15) is 0 Å². The zero-order valence-electron chi connectivity index (χ0n) is 44.0. The standard InChI is InChI=1S/C73H70N2/c1-3-5-7-9-11-23-48-75-56-43-41-55(42-44-56)73(54-39-36-50(37-40-54)67(74)35-18-10-8-6-4-2)65-34-22-21-29-58(65)59-45-38-53(49-66(59)73)57-46-47-64-70-60(57)32-24-33-63(70)71-68(51-25-14-12-15-26-51)61-30-19-20-31-62(61)69(72(64)71)52-27-16-13-17-28-52/h12-17,19-22,24-34,36-47,49,67,75H,3-11,18,23,35,48,74H2,1-2H3. The van der Waals surface area contributed by atoms with Gasteiger partial charge >= 0.3 is 0 Å². The van der Waals surface area contributed by atoms with E-state index in [-0.39, 0.29) is 6.04 Å². The number of fused-ring (bicyclic) bond motifs is 7. The van der Waals surface area contributed by atoms with Crippen LogP contribution in [0.15, 0.2) is 206 Å². The first-order valence-corrected chi connectivity index (χ1v) is 28.3. The molecule has 0 bridgehead atoms. The molecule has 75 heavy (non-hydrogen) atoms. The third-order valence-corrected chi connectivity index (χ3v) is 16.8. The second kappa shape index (κ2) is 21.4. The topological polar surface area (TPSA) is 38.0 Å². The van der Waals surface area contributed by atoms with Gasteiger partial charge in [-0.15, -0.1) is 0 Å². The average Bonchev–Trinajstić information content (AvgIpc) is 4.15. The molecule has 0 radical (unpaired) electrons. The summed E-state index contributed by atoms with van der Waals surface area (Å²) in [5.74, 6) is 0. The Hall–Kier alpha value is -7.52. The summed E-state index contributed by atoms with van der Waals surface area (Å²) in [4.78, 5) is 0. The monoisotopic (exact) mass is 975 g/mol. The van der Waals surface area contributed by atoms with Gasteiger partial charge in [0.2, 0.25) is 0 Å². The fraction of sp³-hybridized carbons (Fsp3) is 0.233. The van der Waals surface area contributed by atoms with Crippen LogP contribution in [0.5, 0.6) is 0 Å². The molecule has 3 N–H and O–H groups in total. The molecular formula is C73H70N2. The Morgan fingerprint density at radius 2 is 0.893 bits per heavy atom. The lowest BCUT2D eigenvalue weighted by Crippen LogP contribution is -2.28. The van der Waals surface area contributed by atoms with Crippen molar-refractivity contribution in [3.8, 4) is 66.8 Å². The molecule has 12 rings (SSSR count). The summed E-state index contributed by atoms with van der Waals surface area (Å²) in [6, 6.07) is 78.4. The van der Waals surface area contributed by atoms with Crippen LogP contribution in [0, 0.1) is 0 Å². The molecule has 2 heteroatoms. The van der Waals surface area contributed by atoms with E-state index in [1.54, 1.807) is 0 Å². The average molecular weight is 975 g/mol. The fourth-order valence-corrected chi connectivity index (χ4v) is 13.2. The maximum absolute atomic E-state index is 6.98. The van der Waals surface area contributed by atoms with Gasteiger partial charge in [-0.05, 0) is 147 Å². The lowest BCUT2D eigenvalue weighted by molar-refractivity contribution is 0.555. The van der Waals surface area contributed by atoms with Crippen molar-refractivity contribution in [2.45, 2.75) is 102 Å². The molecule has 2 unspecified atom stereocenters. The molecule has 2 nitrogen and oxygen atoms in total. The SMILES string of the molecule is CCCCCCCCNc1ccc(C2(c3ccc(C(N)CCCCCCC)cc3)c3ccccc3-c3ccc(-c4ccc5c6c(cccc46)-c4c-5c(-c5ccccc5)c5ccccc5c4-c4ccccc4)cc32)cc1. The van der Waals surface area contributed by atoms with Crippen LogP contribution in [0.25, 0.3) is 88.3 Å². The Bertz CT molecular complexity index is 3540. The minimum Gasteiger partial charge on any atom is -0.385 e. The number of rotatable bonds is 20. The van der Waals surface area contributed by atoms with Gasteiger partial charge in [0.05, 0.1) is 5.41 Å². The Balaban J connectivity index is 1.01. The number of benzene rings is 10. The number of nitrogens with two attached hydrogens (primary N) is 1. The van der Waals surface area contributed by atoms with Crippen molar-refractivity contribution in [2.24, 2.45) is 5.73 Å². The van der Waals surface area contributed by atoms with Crippen LogP contribution in [0.3, 0.4) is 0 Å². The van der Waals surface area contributed by atoms with Crippen LogP contribution in [0.4, 0.5) is 5.69 Å². The van der Waals surface area contributed by atoms with Crippen LogP contribution < -0.4 is 11.1 Å². The summed E-state index contributed by atoms with van der Waals surface area (Å²) in [6.45, 7) is 5.56. The van der Waals surface area contributed by atoms with Gasteiger partial charge in [-0.3, -0.25) is 0 Å². The molecule has 0 aliphatic heterocycles. The van der Waals surface area contributed by atoms with Crippen LogP contribution in [-0.4, -0.2) is 6.54 Å². The van der Waals surface area contributed by atoms with E-state index < -0.39 is 5.41 Å². The zero-order valence-corrected chi connectivity index (χ0v) is 44.0. The van der Waals surface area contributed by atoms with Crippen molar-refractivity contribution < 1.29 is 0 Å². The van der Waals surface area contributed by atoms with E-state index in [0.29, 0.717) is 0 Å². The van der Waals surface area contributed by atoms with Gasteiger partial charge in [0.15, 0.2) is 0 Å². The van der Waals surface area contributed by atoms with Crippen LogP contribution in [0.1, 0.15) is 125 Å². The molecule has 0 aromatic heterocycles. The van der Waals surface area contributed by atoms with Gasteiger partial charge in [-0.25, -0.2) is 0 Å². The van der Waals surface area contributed by atoms with E-state index in [0.717, 1.165) is 19.4 Å². The second-order valence-electron chi connectivity index (χ2n) is 21.4. The first kappa shape index (κ1) is 48.4. The molecule has 372 valence electrons. The molecule has 10 aromatic rings. The summed E-state index contributed by atoms with van der Waals surface area (Å²) >= 11 is 0. The Labute approximate surface area is 445 Å². The number of unbranched alkanes of at least 4 members (excludes halogenated alkanes) is 9. The van der Waals surface area contributed by atoms with Gasteiger partial charge in [0.25, 0.3) is 0 Å². The van der Waals surface area contributed by atoms with Crippen molar-refractivity contribution >= 4 is 27.2 Å². The maximum atomic E-state index is 6.98. The predicted octanol–water partition coefficient (Wildman–Crippen LogP) is 20.1. The summed E-state index contributed by atoms with van der Waals surface area (Å²) in [6.07, 6.45) is 15.0. The number of anilines is 1. The van der Waals surface area contributed by atoms with Crippen LogP contribution >= 0.6 is 0 Å². The molecule has 2 atom stereocenters. The highest BCUT2D eigenvalue weighted by Crippen LogP contribution is 2.60. The third-order valence-electron chi connectivity index (χ3n) is 16.8. The lowest BCUT2D eigenvalue weighted by atomic mass is 9.67. The highest BCUT2D eigenvalue weighted by Gasteiger charge is 2.46. The van der Waals surface area contributed by atoms with E-state index >= 15 is 0 Å². The van der Waals surface area contributed by atoms with E-state index in [2.05, 4.69) is 225 Å². The van der Waals surface area contributed by atoms with E-state index in [1.165, 1.54) is 186 Å². The third kappa shape index (κ3) is 8.68. The van der Waals surface area contributed by atoms with E-state index in [4.69, 9.17) is 5.73 Å².